The summed E-state index contributed by atoms with van der Waals surface area (Å²) in [5.74, 6) is 0.952. The number of anilines is 1. The highest BCUT2D eigenvalue weighted by Gasteiger charge is 2.51. The van der Waals surface area contributed by atoms with Crippen molar-refractivity contribution in [2.24, 2.45) is 0 Å². The number of imidazole rings is 1. The van der Waals surface area contributed by atoms with Gasteiger partial charge in [0.25, 0.3) is 0 Å². The monoisotopic (exact) mass is 425 g/mol. The molecule has 1 saturated heterocycles. The van der Waals surface area contributed by atoms with Crippen molar-refractivity contribution in [3.05, 3.63) is 84.6 Å². The van der Waals surface area contributed by atoms with Crippen LogP contribution in [0, 0.1) is 0 Å². The maximum Gasteiger partial charge on any atom is 0.496 e. The number of pyridine rings is 1. The zero-order valence-electron chi connectivity index (χ0n) is 19.0. The number of benzene rings is 2. The van der Waals surface area contributed by atoms with E-state index in [2.05, 4.69) is 80.0 Å². The Morgan fingerprint density at radius 3 is 2.12 bits per heavy atom. The molecule has 162 valence electrons. The van der Waals surface area contributed by atoms with Gasteiger partial charge >= 0.3 is 7.12 Å². The molecule has 0 unspecified atom stereocenters. The van der Waals surface area contributed by atoms with Crippen LogP contribution >= 0.6 is 0 Å². The lowest BCUT2D eigenvalue weighted by Gasteiger charge is -2.32. The Morgan fingerprint density at radius 2 is 1.47 bits per heavy atom. The second kappa shape index (κ2) is 7.80. The van der Waals surface area contributed by atoms with Gasteiger partial charge in [-0.25, -0.2) is 4.98 Å². The van der Waals surface area contributed by atoms with Crippen LogP contribution in [0.5, 0.6) is 0 Å². The fourth-order valence-corrected chi connectivity index (χ4v) is 3.93. The minimum absolute atomic E-state index is 0.384. The van der Waals surface area contributed by atoms with Crippen molar-refractivity contribution in [1.29, 1.82) is 0 Å². The number of rotatable bonds is 5. The first-order valence-electron chi connectivity index (χ1n) is 11.0. The average molecular weight is 425 g/mol. The molecule has 3 heterocycles. The van der Waals surface area contributed by atoms with Gasteiger partial charge in [-0.15, -0.1) is 0 Å². The maximum absolute atomic E-state index is 6.28. The van der Waals surface area contributed by atoms with Crippen molar-refractivity contribution < 1.29 is 9.31 Å². The van der Waals surface area contributed by atoms with Crippen LogP contribution in [0.15, 0.2) is 79.0 Å². The molecule has 6 heteroatoms. The fourth-order valence-electron chi connectivity index (χ4n) is 3.93. The summed E-state index contributed by atoms with van der Waals surface area (Å²) in [5.41, 5.74) is 4.28. The summed E-state index contributed by atoms with van der Waals surface area (Å²) in [6.07, 6.45) is 2.07. The molecule has 1 N–H and O–H groups in total. The van der Waals surface area contributed by atoms with Crippen molar-refractivity contribution in [2.75, 3.05) is 5.32 Å². The van der Waals surface area contributed by atoms with Gasteiger partial charge in [0.05, 0.1) is 11.2 Å². The minimum Gasteiger partial charge on any atom is -0.399 e. The SMILES string of the molecule is CC1(C)OB(c2ccc3nc(-c4ccccc4)c(NCc4ccccc4)n3c2)OC1(C)C. The normalized spacial score (nSPS) is 17.1. The second-order valence-corrected chi connectivity index (χ2v) is 9.29. The Balaban J connectivity index is 1.57. The molecule has 0 aliphatic carbocycles. The topological polar surface area (TPSA) is 47.8 Å². The first kappa shape index (κ1) is 20.8. The molecule has 4 aromatic rings. The molecule has 2 aromatic carbocycles. The summed E-state index contributed by atoms with van der Waals surface area (Å²) in [6, 6.07) is 24.7. The number of fused-ring (bicyclic) bond motifs is 1. The van der Waals surface area contributed by atoms with Gasteiger partial charge in [-0.2, -0.15) is 0 Å². The molecular weight excluding hydrogens is 397 g/mol. The maximum atomic E-state index is 6.28. The second-order valence-electron chi connectivity index (χ2n) is 9.29. The van der Waals surface area contributed by atoms with E-state index in [1.54, 1.807) is 0 Å². The van der Waals surface area contributed by atoms with E-state index in [-0.39, 0.29) is 11.2 Å². The fraction of sp³-hybridized carbons (Fsp3) is 0.269. The third kappa shape index (κ3) is 3.70. The van der Waals surface area contributed by atoms with Gasteiger partial charge < -0.3 is 14.6 Å². The molecule has 32 heavy (non-hydrogen) atoms. The quantitative estimate of drug-likeness (QED) is 0.462. The molecule has 0 bridgehead atoms. The van der Waals surface area contributed by atoms with Crippen molar-refractivity contribution >= 4 is 24.0 Å². The van der Waals surface area contributed by atoms with Crippen LogP contribution in [0.4, 0.5) is 5.82 Å². The minimum atomic E-state index is -0.422. The van der Waals surface area contributed by atoms with Crippen molar-refractivity contribution in [3.8, 4) is 11.3 Å². The zero-order chi connectivity index (χ0) is 22.3. The Hall–Kier alpha value is -3.09. The van der Waals surface area contributed by atoms with E-state index in [1.165, 1.54) is 5.56 Å². The average Bonchev–Trinajstić information content (AvgIpc) is 3.26. The summed E-state index contributed by atoms with van der Waals surface area (Å²) in [4.78, 5) is 4.94. The number of nitrogens with one attached hydrogen (secondary N) is 1. The first-order chi connectivity index (χ1) is 15.3. The molecule has 0 saturated carbocycles. The van der Waals surface area contributed by atoms with Crippen LogP contribution in [-0.2, 0) is 15.9 Å². The summed E-state index contributed by atoms with van der Waals surface area (Å²) in [6.45, 7) is 8.99. The van der Waals surface area contributed by atoms with Gasteiger partial charge in [0, 0.05) is 18.3 Å². The first-order valence-corrected chi connectivity index (χ1v) is 11.0. The summed E-state index contributed by atoms with van der Waals surface area (Å²) >= 11 is 0. The van der Waals surface area contributed by atoms with E-state index < -0.39 is 7.12 Å². The van der Waals surface area contributed by atoms with E-state index in [4.69, 9.17) is 14.3 Å². The third-order valence-electron chi connectivity index (χ3n) is 6.52. The Morgan fingerprint density at radius 1 is 0.844 bits per heavy atom. The third-order valence-corrected chi connectivity index (χ3v) is 6.52. The number of hydrogen-bond donors (Lipinski definition) is 1. The van der Waals surface area contributed by atoms with E-state index in [0.717, 1.165) is 28.2 Å². The van der Waals surface area contributed by atoms with Gasteiger partial charge in [-0.3, -0.25) is 4.40 Å². The van der Waals surface area contributed by atoms with Crippen LogP contribution in [0.25, 0.3) is 16.9 Å². The van der Waals surface area contributed by atoms with Gasteiger partial charge in [-0.05, 0) is 44.8 Å². The standard InChI is InChI=1S/C26H28BN3O2/c1-25(2)26(3,4)32-27(31-25)21-15-16-22-29-23(20-13-9-6-10-14-20)24(30(22)18-21)28-17-19-11-7-5-8-12-19/h5-16,18,28H,17H2,1-4H3. The number of hydrogen-bond acceptors (Lipinski definition) is 4. The van der Waals surface area contributed by atoms with Crippen LogP contribution in [-0.4, -0.2) is 27.7 Å². The molecule has 1 fully saturated rings. The molecule has 0 spiro atoms. The predicted octanol–water partition coefficient (Wildman–Crippen LogP) is 4.91. The predicted molar refractivity (Wildman–Crippen MR) is 130 cm³/mol. The number of nitrogens with zero attached hydrogens (tertiary/aromatic N) is 2. The van der Waals surface area contributed by atoms with E-state index in [9.17, 15) is 0 Å². The van der Waals surface area contributed by atoms with Gasteiger partial charge in [0.15, 0.2) is 0 Å². The van der Waals surface area contributed by atoms with Crippen molar-refractivity contribution in [1.82, 2.24) is 9.38 Å². The lowest BCUT2D eigenvalue weighted by molar-refractivity contribution is 0.00578. The van der Waals surface area contributed by atoms with E-state index in [0.29, 0.717) is 6.54 Å². The molecule has 2 aromatic heterocycles. The number of aromatic nitrogens is 2. The molecule has 5 rings (SSSR count). The Kier molecular flexibility index (Phi) is 5.07. The molecule has 0 radical (unpaired) electrons. The molecule has 0 atom stereocenters. The Labute approximate surface area is 189 Å². The van der Waals surface area contributed by atoms with Crippen LogP contribution in [0.3, 0.4) is 0 Å². The highest BCUT2D eigenvalue weighted by Crippen LogP contribution is 2.36. The molecule has 0 amide bonds. The van der Waals surface area contributed by atoms with Gasteiger partial charge in [0.2, 0.25) is 0 Å². The highest BCUT2D eigenvalue weighted by molar-refractivity contribution is 6.62. The van der Waals surface area contributed by atoms with Crippen molar-refractivity contribution in [2.45, 2.75) is 45.4 Å². The van der Waals surface area contributed by atoms with Crippen LogP contribution in [0.1, 0.15) is 33.3 Å². The lowest BCUT2D eigenvalue weighted by atomic mass is 9.80. The Bertz CT molecular complexity index is 1220. The van der Waals surface area contributed by atoms with Crippen LogP contribution < -0.4 is 10.8 Å². The zero-order valence-corrected chi connectivity index (χ0v) is 19.0. The van der Waals surface area contributed by atoms with E-state index in [1.807, 2.05) is 36.4 Å². The summed E-state index contributed by atoms with van der Waals surface area (Å²) in [7, 11) is -0.422. The smallest absolute Gasteiger partial charge is 0.399 e. The highest BCUT2D eigenvalue weighted by atomic mass is 16.7. The summed E-state index contributed by atoms with van der Waals surface area (Å²) < 4.78 is 14.7. The lowest BCUT2D eigenvalue weighted by Crippen LogP contribution is -2.41. The van der Waals surface area contributed by atoms with Gasteiger partial charge in [0.1, 0.15) is 17.2 Å². The molecular formula is C26H28BN3O2. The van der Waals surface area contributed by atoms with Crippen molar-refractivity contribution in [3.63, 3.8) is 0 Å². The molecule has 1 aliphatic heterocycles. The molecule has 5 nitrogen and oxygen atoms in total. The summed E-state index contributed by atoms with van der Waals surface area (Å²) in [5, 5.41) is 3.62. The largest absolute Gasteiger partial charge is 0.496 e. The van der Waals surface area contributed by atoms with Crippen LogP contribution in [0.2, 0.25) is 0 Å². The molecule has 1 aliphatic rings. The van der Waals surface area contributed by atoms with E-state index >= 15 is 0 Å². The van der Waals surface area contributed by atoms with Gasteiger partial charge in [-0.1, -0.05) is 66.7 Å².